The summed E-state index contributed by atoms with van der Waals surface area (Å²) in [6.07, 6.45) is 5.91. The van der Waals surface area contributed by atoms with Crippen molar-refractivity contribution in [3.8, 4) is 0 Å². The van der Waals surface area contributed by atoms with Gasteiger partial charge in [-0.05, 0) is 45.2 Å². The fourth-order valence-electron chi connectivity index (χ4n) is 1.29. The molecule has 15 heavy (non-hydrogen) atoms. The first-order valence-electron chi connectivity index (χ1n) is 6.17. The van der Waals surface area contributed by atoms with E-state index in [0.29, 0.717) is 13.0 Å². The molecule has 0 aromatic rings. The van der Waals surface area contributed by atoms with Crippen LogP contribution in [0.25, 0.3) is 0 Å². The van der Waals surface area contributed by atoms with E-state index < -0.39 is 0 Å². The third-order valence-corrected chi connectivity index (χ3v) is 2.14. The molecule has 0 aliphatic rings. The Bertz CT molecular complexity index is 149. The Morgan fingerprint density at radius 3 is 2.53 bits per heavy atom. The molecule has 0 radical (unpaired) electrons. The molecular weight excluding hydrogens is 190 g/mol. The van der Waals surface area contributed by atoms with Crippen molar-refractivity contribution in [1.82, 2.24) is 5.32 Å². The van der Waals surface area contributed by atoms with Gasteiger partial charge >= 0.3 is 5.97 Å². The van der Waals surface area contributed by atoms with Gasteiger partial charge in [0.15, 0.2) is 0 Å². The van der Waals surface area contributed by atoms with Gasteiger partial charge in [-0.15, -0.1) is 0 Å². The molecular formula is C12H25NO2. The molecule has 0 aliphatic heterocycles. The summed E-state index contributed by atoms with van der Waals surface area (Å²) < 4.78 is 5.05. The van der Waals surface area contributed by atoms with E-state index >= 15 is 0 Å². The average molecular weight is 215 g/mol. The van der Waals surface area contributed by atoms with Gasteiger partial charge in [0, 0.05) is 6.42 Å². The monoisotopic (exact) mass is 215 g/mol. The molecule has 90 valence electrons. The zero-order chi connectivity index (χ0) is 11.4. The highest BCUT2D eigenvalue weighted by Gasteiger charge is 1.99. The van der Waals surface area contributed by atoms with Gasteiger partial charge in [0.2, 0.25) is 0 Å². The van der Waals surface area contributed by atoms with Crippen molar-refractivity contribution in [1.29, 1.82) is 0 Å². The summed E-state index contributed by atoms with van der Waals surface area (Å²) in [6.45, 7) is 6.93. The average Bonchev–Trinajstić information content (AvgIpc) is 2.22. The van der Waals surface area contributed by atoms with Crippen molar-refractivity contribution in [2.24, 2.45) is 0 Å². The van der Waals surface area contributed by atoms with E-state index in [0.717, 1.165) is 32.4 Å². The summed E-state index contributed by atoms with van der Waals surface area (Å²) in [7, 11) is 0. The van der Waals surface area contributed by atoms with Crippen LogP contribution in [0.3, 0.4) is 0 Å². The Balaban J connectivity index is 3.01. The third kappa shape index (κ3) is 11.4. The van der Waals surface area contributed by atoms with E-state index in [-0.39, 0.29) is 5.97 Å². The minimum atomic E-state index is -0.0541. The van der Waals surface area contributed by atoms with Gasteiger partial charge in [-0.2, -0.15) is 0 Å². The highest BCUT2D eigenvalue weighted by Crippen LogP contribution is 1.97. The number of esters is 1. The molecule has 0 amide bonds. The summed E-state index contributed by atoms with van der Waals surface area (Å²) in [5.74, 6) is -0.0541. The second kappa shape index (κ2) is 11.5. The summed E-state index contributed by atoms with van der Waals surface area (Å²) in [5.41, 5.74) is 0. The number of hydrogen-bond acceptors (Lipinski definition) is 3. The Hall–Kier alpha value is -0.570. The van der Waals surface area contributed by atoms with Crippen LogP contribution in [-0.2, 0) is 9.53 Å². The summed E-state index contributed by atoms with van der Waals surface area (Å²) >= 11 is 0. The molecule has 3 heteroatoms. The summed E-state index contributed by atoms with van der Waals surface area (Å²) in [5, 5.41) is 3.35. The zero-order valence-corrected chi connectivity index (χ0v) is 10.2. The predicted molar refractivity (Wildman–Crippen MR) is 62.9 cm³/mol. The molecule has 0 aliphatic carbocycles. The Morgan fingerprint density at radius 1 is 1.07 bits per heavy atom. The number of carbonyl (C=O) groups is 1. The number of nitrogens with one attached hydrogen (secondary N) is 1. The number of ether oxygens (including phenoxy) is 1. The highest BCUT2D eigenvalue weighted by atomic mass is 16.5. The van der Waals surface area contributed by atoms with Crippen molar-refractivity contribution in [3.63, 3.8) is 0 Å². The predicted octanol–water partition coefficient (Wildman–Crippen LogP) is 2.50. The van der Waals surface area contributed by atoms with Crippen LogP contribution in [0.4, 0.5) is 0 Å². The second-order valence-corrected chi connectivity index (χ2v) is 3.78. The van der Waals surface area contributed by atoms with Crippen molar-refractivity contribution < 1.29 is 9.53 Å². The lowest BCUT2D eigenvalue weighted by Crippen LogP contribution is -2.15. The fourth-order valence-corrected chi connectivity index (χ4v) is 1.29. The molecule has 0 saturated heterocycles. The SMILES string of the molecule is CCCNCCCCCOC(=O)CCC. The van der Waals surface area contributed by atoms with Crippen molar-refractivity contribution in [2.45, 2.75) is 52.4 Å². The van der Waals surface area contributed by atoms with Crippen LogP contribution in [0.5, 0.6) is 0 Å². The molecule has 0 bridgehead atoms. The van der Waals surface area contributed by atoms with Gasteiger partial charge in [0.25, 0.3) is 0 Å². The largest absolute Gasteiger partial charge is 0.466 e. The maximum Gasteiger partial charge on any atom is 0.305 e. The van der Waals surface area contributed by atoms with E-state index in [1.54, 1.807) is 0 Å². The van der Waals surface area contributed by atoms with E-state index in [9.17, 15) is 4.79 Å². The summed E-state index contributed by atoms with van der Waals surface area (Å²) in [6, 6.07) is 0. The molecule has 0 atom stereocenters. The van der Waals surface area contributed by atoms with Crippen LogP contribution in [0.15, 0.2) is 0 Å². The van der Waals surface area contributed by atoms with Crippen LogP contribution in [-0.4, -0.2) is 25.7 Å². The van der Waals surface area contributed by atoms with Gasteiger partial charge in [-0.3, -0.25) is 4.79 Å². The van der Waals surface area contributed by atoms with E-state index in [2.05, 4.69) is 12.2 Å². The van der Waals surface area contributed by atoms with E-state index in [1.165, 1.54) is 12.8 Å². The molecule has 0 saturated carbocycles. The maximum absolute atomic E-state index is 11.0. The van der Waals surface area contributed by atoms with Crippen molar-refractivity contribution in [2.75, 3.05) is 19.7 Å². The van der Waals surface area contributed by atoms with Crippen LogP contribution in [0, 0.1) is 0 Å². The topological polar surface area (TPSA) is 38.3 Å². The summed E-state index contributed by atoms with van der Waals surface area (Å²) in [4.78, 5) is 11.0. The lowest BCUT2D eigenvalue weighted by molar-refractivity contribution is -0.143. The molecule has 0 fully saturated rings. The van der Waals surface area contributed by atoms with Gasteiger partial charge in [0.1, 0.15) is 0 Å². The molecule has 1 N–H and O–H groups in total. The second-order valence-electron chi connectivity index (χ2n) is 3.78. The lowest BCUT2D eigenvalue weighted by atomic mass is 10.2. The molecule has 0 aromatic heterocycles. The minimum absolute atomic E-state index is 0.0541. The normalized spacial score (nSPS) is 10.3. The van der Waals surface area contributed by atoms with Crippen molar-refractivity contribution >= 4 is 5.97 Å². The first-order chi connectivity index (χ1) is 7.31. The number of hydrogen-bond donors (Lipinski definition) is 1. The maximum atomic E-state index is 11.0. The molecule has 3 nitrogen and oxygen atoms in total. The molecule has 0 aromatic carbocycles. The number of rotatable bonds is 10. The molecule has 0 unspecified atom stereocenters. The van der Waals surface area contributed by atoms with Gasteiger partial charge in [0.05, 0.1) is 6.61 Å². The van der Waals surface area contributed by atoms with Gasteiger partial charge in [-0.1, -0.05) is 13.8 Å². The first-order valence-corrected chi connectivity index (χ1v) is 6.17. The highest BCUT2D eigenvalue weighted by molar-refractivity contribution is 5.69. The molecule has 0 rings (SSSR count). The lowest BCUT2D eigenvalue weighted by Gasteiger charge is -2.04. The minimum Gasteiger partial charge on any atom is -0.466 e. The third-order valence-electron chi connectivity index (χ3n) is 2.14. The van der Waals surface area contributed by atoms with Crippen LogP contribution < -0.4 is 5.32 Å². The first kappa shape index (κ1) is 14.4. The van der Waals surface area contributed by atoms with Crippen LogP contribution in [0.1, 0.15) is 52.4 Å². The molecule has 0 heterocycles. The standard InChI is InChI=1S/C12H25NO2/c1-3-8-12(14)15-11-7-5-6-10-13-9-4-2/h13H,3-11H2,1-2H3. The molecule has 0 spiro atoms. The Labute approximate surface area is 93.6 Å². The van der Waals surface area contributed by atoms with Crippen LogP contribution in [0.2, 0.25) is 0 Å². The van der Waals surface area contributed by atoms with Gasteiger partial charge in [-0.25, -0.2) is 0 Å². The number of unbranched alkanes of at least 4 members (excludes halogenated alkanes) is 2. The Kier molecular flexibility index (Phi) is 11.1. The number of carbonyl (C=O) groups excluding carboxylic acids is 1. The van der Waals surface area contributed by atoms with E-state index in [1.807, 2.05) is 6.92 Å². The Morgan fingerprint density at radius 2 is 1.87 bits per heavy atom. The fraction of sp³-hybridized carbons (Fsp3) is 0.917. The van der Waals surface area contributed by atoms with Crippen molar-refractivity contribution in [3.05, 3.63) is 0 Å². The quantitative estimate of drug-likeness (QED) is 0.449. The smallest absolute Gasteiger partial charge is 0.305 e. The zero-order valence-electron chi connectivity index (χ0n) is 10.2. The van der Waals surface area contributed by atoms with Gasteiger partial charge < -0.3 is 10.1 Å². The van der Waals surface area contributed by atoms with E-state index in [4.69, 9.17) is 4.74 Å². The van der Waals surface area contributed by atoms with Crippen LogP contribution >= 0.6 is 0 Å².